The molecule has 126 valence electrons. The molecule has 0 saturated carbocycles. The number of aromatic nitrogens is 2. The molecule has 3 rings (SSSR count). The Labute approximate surface area is 144 Å². The first-order chi connectivity index (χ1) is 12.0. The average molecular weight is 335 g/mol. The highest BCUT2D eigenvalue weighted by molar-refractivity contribution is 6.04. The van der Waals surface area contributed by atoms with E-state index < -0.39 is 11.9 Å². The average Bonchev–Trinajstić information content (AvgIpc) is 2.61. The van der Waals surface area contributed by atoms with Crippen molar-refractivity contribution in [1.82, 2.24) is 9.97 Å². The monoisotopic (exact) mass is 335 g/mol. The summed E-state index contributed by atoms with van der Waals surface area (Å²) in [5.74, 6) is -0.978. The van der Waals surface area contributed by atoms with Crippen LogP contribution in [0.4, 0.5) is 5.69 Å². The van der Waals surface area contributed by atoms with Crippen molar-refractivity contribution < 1.29 is 14.3 Å². The van der Waals surface area contributed by atoms with Crippen LogP contribution in [0.25, 0.3) is 10.9 Å². The first-order valence-electron chi connectivity index (χ1n) is 7.87. The Hall–Kier alpha value is -3.28. The molecular weight excluding hydrogens is 318 g/mol. The number of para-hydroxylation sites is 1. The van der Waals surface area contributed by atoms with Crippen LogP contribution < -0.4 is 5.32 Å². The van der Waals surface area contributed by atoms with E-state index >= 15 is 0 Å². The molecule has 0 saturated heterocycles. The summed E-state index contributed by atoms with van der Waals surface area (Å²) >= 11 is 0. The van der Waals surface area contributed by atoms with Crippen LogP contribution in [0.15, 0.2) is 54.7 Å². The van der Waals surface area contributed by atoms with Gasteiger partial charge in [0.15, 0.2) is 0 Å². The molecule has 2 heterocycles. The summed E-state index contributed by atoms with van der Waals surface area (Å²) in [5.41, 5.74) is 1.63. The molecule has 6 heteroatoms. The van der Waals surface area contributed by atoms with Crippen LogP contribution in [0.5, 0.6) is 0 Å². The molecule has 1 aromatic carbocycles. The van der Waals surface area contributed by atoms with Gasteiger partial charge in [0, 0.05) is 5.39 Å². The molecule has 0 spiro atoms. The number of carbonyl (C=O) groups is 2. The maximum absolute atomic E-state index is 12.4. The van der Waals surface area contributed by atoms with Crippen molar-refractivity contribution in [2.45, 2.75) is 20.0 Å². The van der Waals surface area contributed by atoms with Gasteiger partial charge in [0.25, 0.3) is 5.91 Å². The van der Waals surface area contributed by atoms with E-state index in [0.717, 1.165) is 10.9 Å². The summed E-state index contributed by atoms with van der Waals surface area (Å²) in [6, 6.07) is 14.1. The minimum atomic E-state index is -0.558. The van der Waals surface area contributed by atoms with E-state index in [4.69, 9.17) is 4.74 Å². The molecule has 1 amide bonds. The van der Waals surface area contributed by atoms with E-state index in [1.165, 1.54) is 12.1 Å². The van der Waals surface area contributed by atoms with E-state index in [0.29, 0.717) is 5.69 Å². The van der Waals surface area contributed by atoms with Crippen LogP contribution >= 0.6 is 0 Å². The van der Waals surface area contributed by atoms with Gasteiger partial charge in [0.2, 0.25) is 0 Å². The Morgan fingerprint density at radius 2 is 1.80 bits per heavy atom. The van der Waals surface area contributed by atoms with E-state index in [2.05, 4.69) is 15.3 Å². The Kier molecular flexibility index (Phi) is 4.70. The molecule has 0 aliphatic heterocycles. The van der Waals surface area contributed by atoms with Gasteiger partial charge in [-0.05, 0) is 38.1 Å². The van der Waals surface area contributed by atoms with Crippen molar-refractivity contribution in [2.24, 2.45) is 0 Å². The van der Waals surface area contributed by atoms with Gasteiger partial charge >= 0.3 is 5.97 Å². The highest BCUT2D eigenvalue weighted by Crippen LogP contribution is 2.16. The zero-order valence-electron chi connectivity index (χ0n) is 13.9. The van der Waals surface area contributed by atoms with Crippen LogP contribution in [-0.2, 0) is 4.74 Å². The molecule has 6 nitrogen and oxygen atoms in total. The highest BCUT2D eigenvalue weighted by Gasteiger charge is 2.14. The van der Waals surface area contributed by atoms with Crippen LogP contribution in [0.1, 0.15) is 34.8 Å². The fourth-order valence-electron chi connectivity index (χ4n) is 2.28. The zero-order chi connectivity index (χ0) is 17.8. The number of anilines is 1. The van der Waals surface area contributed by atoms with Gasteiger partial charge in [-0.15, -0.1) is 0 Å². The lowest BCUT2D eigenvalue weighted by molar-refractivity contribution is 0.0371. The standard InChI is InChI=1S/C19H17N3O3/c1-12(2)25-19(24)17-9-5-8-16(22-17)18(23)21-14-10-13-6-3-4-7-15(13)20-11-14/h3-12H,1-2H3,(H,21,23). The SMILES string of the molecule is CC(C)OC(=O)c1cccc(C(=O)Nc2cnc3ccccc3c2)n1. The van der Waals surface area contributed by atoms with Gasteiger partial charge < -0.3 is 10.1 Å². The number of carbonyl (C=O) groups excluding carboxylic acids is 2. The second kappa shape index (κ2) is 7.09. The fourth-order valence-corrected chi connectivity index (χ4v) is 2.28. The Morgan fingerprint density at radius 1 is 1.04 bits per heavy atom. The summed E-state index contributed by atoms with van der Waals surface area (Å²) in [7, 11) is 0. The smallest absolute Gasteiger partial charge is 0.357 e. The lowest BCUT2D eigenvalue weighted by Crippen LogP contribution is -2.18. The Balaban J connectivity index is 1.79. The molecule has 0 atom stereocenters. The quantitative estimate of drug-likeness (QED) is 0.739. The van der Waals surface area contributed by atoms with E-state index in [1.54, 1.807) is 26.1 Å². The summed E-state index contributed by atoms with van der Waals surface area (Å²) < 4.78 is 5.09. The molecule has 0 aliphatic carbocycles. The maximum atomic E-state index is 12.4. The molecule has 25 heavy (non-hydrogen) atoms. The van der Waals surface area contributed by atoms with Gasteiger partial charge in [0.05, 0.1) is 23.5 Å². The first kappa shape index (κ1) is 16.6. The normalized spacial score (nSPS) is 10.7. The highest BCUT2D eigenvalue weighted by atomic mass is 16.5. The number of amides is 1. The molecule has 1 N–H and O–H groups in total. The Morgan fingerprint density at radius 3 is 2.60 bits per heavy atom. The summed E-state index contributed by atoms with van der Waals surface area (Å²) in [6.07, 6.45) is 1.33. The number of pyridine rings is 2. The predicted molar refractivity (Wildman–Crippen MR) is 94.5 cm³/mol. The van der Waals surface area contributed by atoms with Gasteiger partial charge in [-0.25, -0.2) is 9.78 Å². The lowest BCUT2D eigenvalue weighted by Gasteiger charge is -2.09. The van der Waals surface area contributed by atoms with E-state index in [9.17, 15) is 9.59 Å². The first-order valence-corrected chi connectivity index (χ1v) is 7.87. The molecule has 0 radical (unpaired) electrons. The van der Waals surface area contributed by atoms with E-state index in [-0.39, 0.29) is 17.5 Å². The van der Waals surface area contributed by atoms with Crippen LogP contribution in [0.2, 0.25) is 0 Å². The van der Waals surface area contributed by atoms with Gasteiger partial charge in [-0.3, -0.25) is 9.78 Å². The van der Waals surface area contributed by atoms with Gasteiger partial charge in [-0.2, -0.15) is 0 Å². The topological polar surface area (TPSA) is 81.2 Å². The minimum absolute atomic E-state index is 0.0954. The number of fused-ring (bicyclic) bond motifs is 1. The zero-order valence-corrected chi connectivity index (χ0v) is 13.9. The molecule has 2 aromatic heterocycles. The maximum Gasteiger partial charge on any atom is 0.357 e. The van der Waals surface area contributed by atoms with E-state index in [1.807, 2.05) is 30.3 Å². The third-order valence-electron chi connectivity index (χ3n) is 3.38. The predicted octanol–water partition coefficient (Wildman–Crippen LogP) is 3.45. The van der Waals surface area contributed by atoms with Gasteiger partial charge in [0.1, 0.15) is 11.4 Å². The van der Waals surface area contributed by atoms with Crippen molar-refractivity contribution in [3.8, 4) is 0 Å². The number of ether oxygens (including phenoxy) is 1. The summed E-state index contributed by atoms with van der Waals surface area (Å²) in [5, 5.41) is 3.66. The second-order valence-corrected chi connectivity index (χ2v) is 5.73. The van der Waals surface area contributed by atoms with Crippen molar-refractivity contribution >= 4 is 28.5 Å². The number of hydrogen-bond donors (Lipinski definition) is 1. The summed E-state index contributed by atoms with van der Waals surface area (Å²) in [4.78, 5) is 32.7. The van der Waals surface area contributed by atoms with Crippen molar-refractivity contribution in [2.75, 3.05) is 5.32 Å². The Bertz CT molecular complexity index is 938. The third-order valence-corrected chi connectivity index (χ3v) is 3.38. The van der Waals surface area contributed by atoms with Crippen LogP contribution in [-0.4, -0.2) is 27.9 Å². The molecule has 0 fully saturated rings. The second-order valence-electron chi connectivity index (χ2n) is 5.73. The number of esters is 1. The van der Waals surface area contributed by atoms with Crippen molar-refractivity contribution in [1.29, 1.82) is 0 Å². The number of hydrogen-bond acceptors (Lipinski definition) is 5. The van der Waals surface area contributed by atoms with Crippen molar-refractivity contribution in [3.63, 3.8) is 0 Å². The van der Waals surface area contributed by atoms with Crippen molar-refractivity contribution in [3.05, 3.63) is 66.1 Å². The number of nitrogens with one attached hydrogen (secondary N) is 1. The fraction of sp³-hybridized carbons (Fsp3) is 0.158. The molecule has 0 unspecified atom stereocenters. The molecular formula is C19H17N3O3. The lowest BCUT2D eigenvalue weighted by atomic mass is 10.2. The molecule has 0 bridgehead atoms. The van der Waals surface area contributed by atoms with Crippen LogP contribution in [0.3, 0.4) is 0 Å². The molecule has 0 aliphatic rings. The van der Waals surface area contributed by atoms with Crippen LogP contribution in [0, 0.1) is 0 Å². The minimum Gasteiger partial charge on any atom is -0.458 e. The number of benzene rings is 1. The summed E-state index contributed by atoms with van der Waals surface area (Å²) in [6.45, 7) is 3.50. The molecule has 3 aromatic rings. The largest absolute Gasteiger partial charge is 0.458 e. The third kappa shape index (κ3) is 3.98. The number of rotatable bonds is 4. The number of nitrogens with zero attached hydrogens (tertiary/aromatic N) is 2. The van der Waals surface area contributed by atoms with Gasteiger partial charge in [-0.1, -0.05) is 24.3 Å².